The van der Waals surface area contributed by atoms with Crippen molar-refractivity contribution in [2.75, 3.05) is 19.4 Å². The van der Waals surface area contributed by atoms with E-state index < -0.39 is 19.2 Å². The van der Waals surface area contributed by atoms with Crippen LogP contribution in [0.4, 0.5) is 4.79 Å². The Hall–Kier alpha value is -0.910. The number of unbranched alkanes of at least 4 members (excludes halogenated alkanes) is 2. The van der Waals surface area contributed by atoms with Crippen molar-refractivity contribution < 1.29 is 23.2 Å². The van der Waals surface area contributed by atoms with Gasteiger partial charge in [-0.3, -0.25) is 14.7 Å². The highest BCUT2D eigenvalue weighted by Crippen LogP contribution is 2.50. The highest BCUT2D eigenvalue weighted by Gasteiger charge is 2.46. The van der Waals surface area contributed by atoms with Crippen LogP contribution in [-0.4, -0.2) is 36.9 Å². The van der Waals surface area contributed by atoms with Crippen LogP contribution >= 0.6 is 7.60 Å². The summed E-state index contributed by atoms with van der Waals surface area (Å²) in [5.74, 6) is -0.376. The van der Waals surface area contributed by atoms with Crippen molar-refractivity contribution in [1.29, 1.82) is 0 Å². The molecule has 8 heteroatoms. The van der Waals surface area contributed by atoms with Gasteiger partial charge in [-0.05, 0) is 25.7 Å². The van der Waals surface area contributed by atoms with Gasteiger partial charge in [0.2, 0.25) is 0 Å². The van der Waals surface area contributed by atoms with Crippen molar-refractivity contribution in [3.63, 3.8) is 0 Å². The molecule has 1 rings (SSSR count). The number of carbonyl (C=O) groups excluding carboxylic acids is 2. The molecule has 0 aliphatic carbocycles. The molecular formula is C15H29N2O5P. The van der Waals surface area contributed by atoms with E-state index in [1.54, 1.807) is 0 Å². The molecule has 2 N–H and O–H groups in total. The average Bonchev–Trinajstić information content (AvgIpc) is 2.80. The Morgan fingerprint density at radius 2 is 1.61 bits per heavy atom. The van der Waals surface area contributed by atoms with Crippen LogP contribution in [0.25, 0.3) is 0 Å². The fraction of sp³-hybridized carbons (Fsp3) is 0.867. The molecule has 134 valence electrons. The number of hydrogen-bond acceptors (Lipinski definition) is 5. The molecule has 1 aliphatic rings. The van der Waals surface area contributed by atoms with Gasteiger partial charge < -0.3 is 14.4 Å². The van der Waals surface area contributed by atoms with Gasteiger partial charge in [0.1, 0.15) is 5.54 Å². The minimum Gasteiger partial charge on any atom is -0.323 e. The zero-order valence-electron chi connectivity index (χ0n) is 14.4. The average molecular weight is 348 g/mol. The SMILES string of the molecule is CCCCOP(=O)(CCC1(CC)NC(=O)NC1=O)OCCCC. The summed E-state index contributed by atoms with van der Waals surface area (Å²) in [5, 5.41) is 4.88. The van der Waals surface area contributed by atoms with Crippen molar-refractivity contribution >= 4 is 19.5 Å². The third kappa shape index (κ3) is 5.90. The van der Waals surface area contributed by atoms with Crippen LogP contribution in [0.15, 0.2) is 0 Å². The van der Waals surface area contributed by atoms with Gasteiger partial charge in [-0.2, -0.15) is 0 Å². The number of carbonyl (C=O) groups is 2. The lowest BCUT2D eigenvalue weighted by molar-refractivity contribution is -0.124. The second-order valence-corrected chi connectivity index (χ2v) is 7.99. The zero-order chi connectivity index (χ0) is 17.3. The van der Waals surface area contributed by atoms with Crippen molar-refractivity contribution in [3.05, 3.63) is 0 Å². The van der Waals surface area contributed by atoms with Gasteiger partial charge in [0.05, 0.1) is 19.4 Å². The van der Waals surface area contributed by atoms with E-state index in [4.69, 9.17) is 9.05 Å². The Morgan fingerprint density at radius 1 is 1.04 bits per heavy atom. The van der Waals surface area contributed by atoms with E-state index in [0.29, 0.717) is 19.6 Å². The lowest BCUT2D eigenvalue weighted by Gasteiger charge is -2.26. The predicted octanol–water partition coefficient (Wildman–Crippen LogP) is 3.19. The molecule has 0 bridgehead atoms. The molecule has 0 aromatic rings. The van der Waals surface area contributed by atoms with Gasteiger partial charge in [0, 0.05) is 0 Å². The summed E-state index contributed by atoms with van der Waals surface area (Å²) in [6.07, 6.45) is 4.25. The molecule has 0 spiro atoms. The van der Waals surface area contributed by atoms with Gasteiger partial charge in [-0.15, -0.1) is 0 Å². The first-order valence-electron chi connectivity index (χ1n) is 8.43. The summed E-state index contributed by atoms with van der Waals surface area (Å²) in [4.78, 5) is 23.4. The Bertz CT molecular complexity index is 443. The van der Waals surface area contributed by atoms with E-state index in [2.05, 4.69) is 10.6 Å². The van der Waals surface area contributed by atoms with Gasteiger partial charge >= 0.3 is 13.6 Å². The number of rotatable bonds is 12. The van der Waals surface area contributed by atoms with Crippen LogP contribution < -0.4 is 10.6 Å². The first-order chi connectivity index (χ1) is 10.9. The van der Waals surface area contributed by atoms with Crippen LogP contribution in [0.1, 0.15) is 59.3 Å². The number of nitrogens with one attached hydrogen (secondary N) is 2. The maximum Gasteiger partial charge on any atom is 0.330 e. The summed E-state index contributed by atoms with van der Waals surface area (Å²) < 4.78 is 23.9. The molecule has 3 amide bonds. The molecule has 7 nitrogen and oxygen atoms in total. The highest BCUT2D eigenvalue weighted by atomic mass is 31.2. The van der Waals surface area contributed by atoms with Crippen LogP contribution in [0.3, 0.4) is 0 Å². The Balaban J connectivity index is 2.69. The maximum atomic E-state index is 12.9. The normalized spacial score (nSPS) is 21.3. The van der Waals surface area contributed by atoms with E-state index >= 15 is 0 Å². The van der Waals surface area contributed by atoms with Gasteiger partial charge in [0.25, 0.3) is 5.91 Å². The van der Waals surface area contributed by atoms with Crippen LogP contribution in [0.2, 0.25) is 0 Å². The molecule has 1 atom stereocenters. The molecule has 1 heterocycles. The van der Waals surface area contributed by atoms with E-state index in [1.165, 1.54) is 0 Å². The van der Waals surface area contributed by atoms with E-state index in [0.717, 1.165) is 25.7 Å². The molecule has 23 heavy (non-hydrogen) atoms. The third-order valence-electron chi connectivity index (χ3n) is 4.00. The predicted molar refractivity (Wildman–Crippen MR) is 88.5 cm³/mol. The van der Waals surface area contributed by atoms with Gasteiger partial charge in [-0.1, -0.05) is 33.6 Å². The molecule has 1 unspecified atom stereocenters. The van der Waals surface area contributed by atoms with Crippen LogP contribution in [-0.2, 0) is 18.4 Å². The lowest BCUT2D eigenvalue weighted by Crippen LogP contribution is -2.47. The highest BCUT2D eigenvalue weighted by molar-refractivity contribution is 7.53. The maximum absolute atomic E-state index is 12.9. The van der Waals surface area contributed by atoms with E-state index in [1.807, 2.05) is 20.8 Å². The number of hydrogen-bond donors (Lipinski definition) is 2. The van der Waals surface area contributed by atoms with Crippen molar-refractivity contribution in [3.8, 4) is 0 Å². The second kappa shape index (κ2) is 9.40. The van der Waals surface area contributed by atoms with E-state index in [-0.39, 0.29) is 18.5 Å². The van der Waals surface area contributed by atoms with E-state index in [9.17, 15) is 14.2 Å². The minimum atomic E-state index is -3.26. The molecule has 0 aromatic heterocycles. The fourth-order valence-corrected chi connectivity index (χ4v) is 4.12. The molecule has 0 saturated carbocycles. The summed E-state index contributed by atoms with van der Waals surface area (Å²) in [6.45, 7) is 6.61. The van der Waals surface area contributed by atoms with Crippen molar-refractivity contribution in [2.24, 2.45) is 0 Å². The van der Waals surface area contributed by atoms with Crippen molar-refractivity contribution in [2.45, 2.75) is 64.8 Å². The first-order valence-corrected chi connectivity index (χ1v) is 10.2. The third-order valence-corrected chi connectivity index (χ3v) is 5.93. The quantitative estimate of drug-likeness (QED) is 0.321. The Morgan fingerprint density at radius 3 is 2.00 bits per heavy atom. The Labute approximate surface area is 138 Å². The monoisotopic (exact) mass is 348 g/mol. The topological polar surface area (TPSA) is 93.7 Å². The smallest absolute Gasteiger partial charge is 0.323 e. The summed E-state index contributed by atoms with van der Waals surface area (Å²) in [5.41, 5.74) is -1.02. The molecule has 0 aromatic carbocycles. The fourth-order valence-electron chi connectivity index (χ4n) is 2.32. The minimum absolute atomic E-state index is 0.113. The Kier molecular flexibility index (Phi) is 8.23. The largest absolute Gasteiger partial charge is 0.330 e. The molecular weight excluding hydrogens is 319 g/mol. The zero-order valence-corrected chi connectivity index (χ0v) is 15.2. The molecule has 1 saturated heterocycles. The second-order valence-electron chi connectivity index (χ2n) is 5.80. The van der Waals surface area contributed by atoms with Crippen LogP contribution in [0, 0.1) is 0 Å². The molecule has 1 fully saturated rings. The first kappa shape index (κ1) is 20.1. The standard InChI is InChI=1S/C15H29N2O5P/c1-4-7-10-21-23(20,22-11-8-5-2)12-9-15(6-3)13(18)16-14(19)17-15/h4-12H2,1-3H3,(H2,16,17,18,19). The van der Waals surface area contributed by atoms with Crippen LogP contribution in [0.5, 0.6) is 0 Å². The summed E-state index contributed by atoms with van der Waals surface area (Å²) >= 11 is 0. The summed E-state index contributed by atoms with van der Waals surface area (Å²) in [6, 6.07) is -0.509. The summed E-state index contributed by atoms with van der Waals surface area (Å²) in [7, 11) is -3.26. The molecule has 0 radical (unpaired) electrons. The number of urea groups is 1. The molecule has 1 aliphatic heterocycles. The van der Waals surface area contributed by atoms with Crippen molar-refractivity contribution in [1.82, 2.24) is 10.6 Å². The van der Waals surface area contributed by atoms with Gasteiger partial charge in [0.15, 0.2) is 0 Å². The number of amides is 3. The lowest BCUT2D eigenvalue weighted by atomic mass is 9.93. The van der Waals surface area contributed by atoms with Gasteiger partial charge in [-0.25, -0.2) is 4.79 Å². The number of imide groups is 1.